The topological polar surface area (TPSA) is 0 Å². The van der Waals surface area contributed by atoms with Crippen molar-refractivity contribution in [2.75, 3.05) is 0 Å². The largest absolute Gasteiger partial charge is 0.0771 e. The molecule has 1 unspecified atom stereocenters. The highest BCUT2D eigenvalue weighted by Crippen LogP contribution is 2.37. The molecule has 2 bridgehead atoms. The Kier molecular flexibility index (Phi) is 3.35. The van der Waals surface area contributed by atoms with E-state index < -0.39 is 0 Å². The average molecular weight is 176 g/mol. The fourth-order valence-corrected chi connectivity index (χ4v) is 3.20. The fraction of sp³-hybridized carbons (Fsp3) is 1.00. The third kappa shape index (κ3) is 2.75. The maximum absolute atomic E-state index is 6.13. The molecule has 0 aromatic carbocycles. The molecule has 72 valence electrons. The quantitative estimate of drug-likeness (QED) is 0.493. The molecule has 0 saturated heterocycles. The first-order chi connectivity index (χ1) is 6.34. The third-order valence-corrected chi connectivity index (χ3v) is 4.03. The zero-order chi connectivity index (χ0) is 9.10. The molecule has 0 spiro atoms. The monoisotopic (exact) mass is 176 g/mol. The Bertz CT molecular complexity index is 145. The molecule has 3 rings (SSSR count). The van der Waals surface area contributed by atoms with Gasteiger partial charge in [-0.05, 0) is 11.8 Å². The van der Waals surface area contributed by atoms with Crippen LogP contribution >= 0.6 is 0 Å². The zero-order valence-electron chi connectivity index (χ0n) is 8.67. The van der Waals surface area contributed by atoms with E-state index in [9.17, 15) is 0 Å². The summed E-state index contributed by atoms with van der Waals surface area (Å²) >= 11 is 0. The van der Waals surface area contributed by atoms with Crippen LogP contribution in [0.5, 0.6) is 0 Å². The van der Waals surface area contributed by atoms with Crippen molar-refractivity contribution < 1.29 is 0 Å². The molecule has 0 aromatic rings. The van der Waals surface area contributed by atoms with E-state index in [2.05, 4.69) is 0 Å². The van der Waals surface area contributed by atoms with Crippen molar-refractivity contribution in [3.8, 4) is 0 Å². The normalized spacial score (nSPS) is 41.7. The van der Waals surface area contributed by atoms with Gasteiger partial charge in [-0.2, -0.15) is 0 Å². The van der Waals surface area contributed by atoms with Crippen LogP contribution in [-0.2, 0) is 0 Å². The second kappa shape index (κ2) is 4.53. The molecule has 1 heteroatoms. The van der Waals surface area contributed by atoms with E-state index >= 15 is 0 Å². The van der Waals surface area contributed by atoms with Crippen LogP contribution in [0, 0.1) is 11.8 Å². The van der Waals surface area contributed by atoms with Crippen molar-refractivity contribution in [1.29, 1.82) is 0 Å². The Morgan fingerprint density at radius 2 is 1.31 bits per heavy atom. The lowest BCUT2D eigenvalue weighted by molar-refractivity contribution is 0.321. The summed E-state index contributed by atoms with van der Waals surface area (Å²) in [5.74, 6) is 2.50. The van der Waals surface area contributed by atoms with Gasteiger partial charge in [0.05, 0.1) is 7.85 Å². The summed E-state index contributed by atoms with van der Waals surface area (Å²) in [5, 5.41) is 0. The third-order valence-electron chi connectivity index (χ3n) is 4.03. The average Bonchev–Trinajstić information content (AvgIpc) is 2.18. The first kappa shape index (κ1) is 9.61. The lowest BCUT2D eigenvalue weighted by Crippen LogP contribution is -2.07. The second-order valence-corrected chi connectivity index (χ2v) is 5.17. The molecule has 3 fully saturated rings. The molecule has 0 heterocycles. The Hall–Kier alpha value is 0.0649. The van der Waals surface area contributed by atoms with Gasteiger partial charge in [0.2, 0.25) is 0 Å². The number of rotatable bonds is 0. The Morgan fingerprint density at radius 1 is 0.692 bits per heavy atom. The molecule has 3 aliphatic carbocycles. The van der Waals surface area contributed by atoms with E-state index in [1.54, 1.807) is 0 Å². The molecular weight excluding hydrogens is 155 g/mol. The predicted octanol–water partition coefficient (Wildman–Crippen LogP) is 3.71. The lowest BCUT2D eigenvalue weighted by atomic mass is 9.76. The molecule has 3 aliphatic rings. The summed E-state index contributed by atoms with van der Waals surface area (Å²) in [4.78, 5) is 0. The van der Waals surface area contributed by atoms with Crippen molar-refractivity contribution in [3.63, 3.8) is 0 Å². The van der Waals surface area contributed by atoms with E-state index in [0.29, 0.717) is 5.82 Å². The first-order valence-corrected chi connectivity index (χ1v) is 6.10. The van der Waals surface area contributed by atoms with Gasteiger partial charge in [0.1, 0.15) is 0 Å². The van der Waals surface area contributed by atoms with Gasteiger partial charge in [-0.1, -0.05) is 63.6 Å². The van der Waals surface area contributed by atoms with Gasteiger partial charge in [-0.25, -0.2) is 0 Å². The highest BCUT2D eigenvalue weighted by atomic mass is 14.3. The minimum absolute atomic E-state index is 0.517. The van der Waals surface area contributed by atoms with E-state index in [1.807, 2.05) is 0 Å². The Morgan fingerprint density at radius 3 is 2.00 bits per heavy atom. The SMILES string of the molecule is [B]C1CCC2CCCC(CCC2)C1. The van der Waals surface area contributed by atoms with Crippen LogP contribution in [0.1, 0.15) is 57.8 Å². The molecule has 0 nitrogen and oxygen atoms in total. The maximum Gasteiger partial charge on any atom is 0.0699 e. The Labute approximate surface area is 83.9 Å². The molecule has 3 saturated carbocycles. The van der Waals surface area contributed by atoms with E-state index in [4.69, 9.17) is 7.85 Å². The highest BCUT2D eigenvalue weighted by Gasteiger charge is 2.21. The van der Waals surface area contributed by atoms with E-state index in [0.717, 1.165) is 11.8 Å². The van der Waals surface area contributed by atoms with Crippen LogP contribution in [-0.4, -0.2) is 7.85 Å². The lowest BCUT2D eigenvalue weighted by Gasteiger charge is -2.21. The summed E-state index contributed by atoms with van der Waals surface area (Å²) in [7, 11) is 6.13. The van der Waals surface area contributed by atoms with Crippen LogP contribution in [0.3, 0.4) is 0 Å². The molecule has 0 aliphatic heterocycles. The summed E-state index contributed by atoms with van der Waals surface area (Å²) < 4.78 is 0. The summed E-state index contributed by atoms with van der Waals surface area (Å²) in [6, 6.07) is 0. The second-order valence-electron chi connectivity index (χ2n) is 5.17. The van der Waals surface area contributed by atoms with E-state index in [-0.39, 0.29) is 0 Å². The standard InChI is InChI=1S/C12H21B/c13-12-8-7-10-3-1-5-11(9-12)6-2-4-10/h10-12H,1-9H2. The molecular formula is C12H21B. The van der Waals surface area contributed by atoms with Crippen molar-refractivity contribution >= 4 is 7.85 Å². The summed E-state index contributed by atoms with van der Waals surface area (Å²) in [5.41, 5.74) is 0. The van der Waals surface area contributed by atoms with Gasteiger partial charge in [0, 0.05) is 0 Å². The minimum Gasteiger partial charge on any atom is -0.0771 e. The molecule has 0 aromatic heterocycles. The number of fused-ring (bicyclic) bond motifs is 7. The van der Waals surface area contributed by atoms with Crippen molar-refractivity contribution in [2.45, 2.75) is 63.6 Å². The molecule has 0 N–H and O–H groups in total. The van der Waals surface area contributed by atoms with Gasteiger partial charge in [0.25, 0.3) is 0 Å². The molecule has 2 radical (unpaired) electrons. The molecule has 0 amide bonds. The highest BCUT2D eigenvalue weighted by molar-refractivity contribution is 6.11. The van der Waals surface area contributed by atoms with Crippen LogP contribution in [0.25, 0.3) is 0 Å². The summed E-state index contributed by atoms with van der Waals surface area (Å²) in [6.07, 6.45) is 12.9. The van der Waals surface area contributed by atoms with Crippen LogP contribution in [0.2, 0.25) is 5.82 Å². The smallest absolute Gasteiger partial charge is 0.0699 e. The number of hydrogen-bond donors (Lipinski definition) is 0. The summed E-state index contributed by atoms with van der Waals surface area (Å²) in [6.45, 7) is 0. The molecule has 1 atom stereocenters. The zero-order valence-corrected chi connectivity index (χ0v) is 8.67. The minimum atomic E-state index is 0.517. The van der Waals surface area contributed by atoms with E-state index in [1.165, 1.54) is 57.8 Å². The number of hydrogen-bond acceptors (Lipinski definition) is 0. The maximum atomic E-state index is 6.13. The van der Waals surface area contributed by atoms with Crippen LogP contribution in [0.4, 0.5) is 0 Å². The van der Waals surface area contributed by atoms with Gasteiger partial charge >= 0.3 is 0 Å². The van der Waals surface area contributed by atoms with Gasteiger partial charge in [-0.15, -0.1) is 0 Å². The van der Waals surface area contributed by atoms with Crippen LogP contribution < -0.4 is 0 Å². The fourth-order valence-electron chi connectivity index (χ4n) is 3.20. The Balaban J connectivity index is 2.01. The van der Waals surface area contributed by atoms with Gasteiger partial charge < -0.3 is 0 Å². The predicted molar refractivity (Wildman–Crippen MR) is 58.0 cm³/mol. The van der Waals surface area contributed by atoms with Crippen molar-refractivity contribution in [3.05, 3.63) is 0 Å². The van der Waals surface area contributed by atoms with Crippen molar-refractivity contribution in [2.24, 2.45) is 11.8 Å². The van der Waals surface area contributed by atoms with Crippen LogP contribution in [0.15, 0.2) is 0 Å². The van der Waals surface area contributed by atoms with Gasteiger partial charge in [0.15, 0.2) is 0 Å². The molecule has 13 heavy (non-hydrogen) atoms. The van der Waals surface area contributed by atoms with Gasteiger partial charge in [-0.3, -0.25) is 0 Å². The van der Waals surface area contributed by atoms with Crippen molar-refractivity contribution in [1.82, 2.24) is 0 Å². The first-order valence-electron chi connectivity index (χ1n) is 6.10.